The van der Waals surface area contributed by atoms with Gasteiger partial charge in [-0.1, -0.05) is 12.1 Å². The number of nitrogens with one attached hydrogen (secondary N) is 1. The Bertz CT molecular complexity index is 1090. The monoisotopic (exact) mass is 368 g/mol. The van der Waals surface area contributed by atoms with Crippen LogP contribution in [0, 0.1) is 6.92 Å². The topological polar surface area (TPSA) is 92.4 Å². The van der Waals surface area contributed by atoms with Crippen LogP contribution in [0.25, 0.3) is 21.6 Å². The summed E-state index contributed by atoms with van der Waals surface area (Å²) < 4.78 is 6.62. The van der Waals surface area contributed by atoms with Gasteiger partial charge in [-0.25, -0.2) is 9.97 Å². The Hall–Kier alpha value is -3.26. The van der Waals surface area contributed by atoms with E-state index in [1.165, 1.54) is 22.1 Å². The van der Waals surface area contributed by atoms with Crippen molar-refractivity contribution in [3.8, 4) is 28.2 Å². The van der Waals surface area contributed by atoms with Crippen LogP contribution in [0.3, 0.4) is 0 Å². The molecule has 0 spiro atoms. The van der Waals surface area contributed by atoms with Crippen molar-refractivity contribution in [1.29, 1.82) is 0 Å². The number of aryl methyl sites for hydroxylation is 1. The molecule has 4 aromatic rings. The van der Waals surface area contributed by atoms with Gasteiger partial charge in [-0.2, -0.15) is 4.68 Å². The molecule has 0 radical (unpaired) electrons. The lowest BCUT2D eigenvalue weighted by molar-refractivity contribution is 0.391. The molecule has 0 saturated heterocycles. The van der Waals surface area contributed by atoms with Gasteiger partial charge in [0.25, 0.3) is 0 Å². The fourth-order valence-electron chi connectivity index (χ4n) is 2.74. The molecule has 26 heavy (non-hydrogen) atoms. The van der Waals surface area contributed by atoms with Crippen LogP contribution in [0.15, 0.2) is 41.8 Å². The van der Waals surface area contributed by atoms with Gasteiger partial charge in [-0.15, -0.1) is 11.3 Å². The highest BCUT2D eigenvalue weighted by Crippen LogP contribution is 2.35. The molecular weight excluding hydrogens is 352 g/mol. The van der Waals surface area contributed by atoms with E-state index in [-0.39, 0.29) is 11.8 Å². The van der Waals surface area contributed by atoms with Gasteiger partial charge in [0.05, 0.1) is 22.9 Å². The minimum Gasteiger partial charge on any atom is -0.496 e. The summed E-state index contributed by atoms with van der Waals surface area (Å²) in [6, 6.07) is 10.8. The number of hydrogen-bond donors (Lipinski definition) is 3. The normalized spacial score (nSPS) is 11.0. The number of benzene rings is 1. The first kappa shape index (κ1) is 16.2. The second-order valence-electron chi connectivity index (χ2n) is 5.68. The standard InChI is InChI=1S/C18H16N4O3S/c1-10-9-14(23)22(18(10)24)21-17-15-11(5-3-6-12(15)25-2)19-16(20-17)13-7-4-8-26-13/h3-9,23-24H,1-2H3,(H,19,20,21). The van der Waals surface area contributed by atoms with Crippen molar-refractivity contribution < 1.29 is 14.9 Å². The van der Waals surface area contributed by atoms with Crippen LogP contribution >= 0.6 is 11.3 Å². The second kappa shape index (κ2) is 6.23. The van der Waals surface area contributed by atoms with Gasteiger partial charge in [0.15, 0.2) is 11.6 Å². The first-order valence-corrected chi connectivity index (χ1v) is 8.72. The van der Waals surface area contributed by atoms with E-state index in [1.807, 2.05) is 35.7 Å². The molecule has 0 bridgehead atoms. The summed E-state index contributed by atoms with van der Waals surface area (Å²) in [6.07, 6.45) is 0. The van der Waals surface area contributed by atoms with Gasteiger partial charge in [-0.3, -0.25) is 5.43 Å². The third-order valence-electron chi connectivity index (χ3n) is 4.00. The molecule has 0 fully saturated rings. The molecule has 4 rings (SSSR count). The lowest BCUT2D eigenvalue weighted by Crippen LogP contribution is -2.11. The van der Waals surface area contributed by atoms with Crippen LogP contribution in [0.5, 0.6) is 17.5 Å². The van der Waals surface area contributed by atoms with Crippen LogP contribution in [0.4, 0.5) is 5.82 Å². The smallest absolute Gasteiger partial charge is 0.216 e. The van der Waals surface area contributed by atoms with Crippen molar-refractivity contribution in [2.24, 2.45) is 0 Å². The van der Waals surface area contributed by atoms with Crippen molar-refractivity contribution in [3.05, 3.63) is 47.3 Å². The Morgan fingerprint density at radius 2 is 2.00 bits per heavy atom. The predicted molar refractivity (Wildman–Crippen MR) is 101 cm³/mol. The molecule has 3 aromatic heterocycles. The molecule has 132 valence electrons. The third kappa shape index (κ3) is 2.60. The summed E-state index contributed by atoms with van der Waals surface area (Å²) in [6.45, 7) is 1.70. The zero-order valence-corrected chi connectivity index (χ0v) is 14.9. The summed E-state index contributed by atoms with van der Waals surface area (Å²) in [5.41, 5.74) is 4.20. The van der Waals surface area contributed by atoms with Gasteiger partial charge in [0, 0.05) is 11.6 Å². The lowest BCUT2D eigenvalue weighted by atomic mass is 10.2. The largest absolute Gasteiger partial charge is 0.496 e. The van der Waals surface area contributed by atoms with Gasteiger partial charge >= 0.3 is 0 Å². The molecular formula is C18H16N4O3S. The van der Waals surface area contributed by atoms with E-state index in [9.17, 15) is 10.2 Å². The Morgan fingerprint density at radius 3 is 2.65 bits per heavy atom. The van der Waals surface area contributed by atoms with Crippen LogP contribution < -0.4 is 10.2 Å². The number of fused-ring (bicyclic) bond motifs is 1. The van der Waals surface area contributed by atoms with Crippen LogP contribution in [0.2, 0.25) is 0 Å². The van der Waals surface area contributed by atoms with Crippen molar-refractivity contribution in [2.45, 2.75) is 6.92 Å². The maximum Gasteiger partial charge on any atom is 0.216 e. The van der Waals surface area contributed by atoms with E-state index >= 15 is 0 Å². The van der Waals surface area contributed by atoms with Gasteiger partial charge in [0.2, 0.25) is 11.8 Å². The maximum atomic E-state index is 10.2. The Morgan fingerprint density at radius 1 is 1.15 bits per heavy atom. The molecule has 0 aliphatic rings. The molecule has 0 atom stereocenters. The van der Waals surface area contributed by atoms with E-state index in [4.69, 9.17) is 4.74 Å². The van der Waals surface area contributed by atoms with E-state index in [0.717, 1.165) is 4.88 Å². The number of ether oxygens (including phenoxy) is 1. The second-order valence-corrected chi connectivity index (χ2v) is 6.63. The molecule has 0 amide bonds. The SMILES string of the molecule is COc1cccc2nc(-c3cccs3)nc(Nn3c(O)cc(C)c3O)c12. The van der Waals surface area contributed by atoms with Crippen LogP contribution in [-0.4, -0.2) is 32.0 Å². The van der Waals surface area contributed by atoms with E-state index < -0.39 is 0 Å². The summed E-state index contributed by atoms with van der Waals surface area (Å²) in [5, 5.41) is 22.9. The number of rotatable bonds is 4. The molecule has 0 saturated carbocycles. The van der Waals surface area contributed by atoms with Crippen molar-refractivity contribution in [1.82, 2.24) is 14.6 Å². The van der Waals surface area contributed by atoms with Crippen molar-refractivity contribution >= 4 is 28.1 Å². The van der Waals surface area contributed by atoms with Gasteiger partial charge in [0.1, 0.15) is 5.75 Å². The third-order valence-corrected chi connectivity index (χ3v) is 4.87. The Kier molecular flexibility index (Phi) is 3.89. The Balaban J connectivity index is 1.96. The molecule has 0 unspecified atom stereocenters. The average molecular weight is 368 g/mol. The van der Waals surface area contributed by atoms with E-state index in [2.05, 4.69) is 15.4 Å². The summed E-state index contributed by atoms with van der Waals surface area (Å²) in [5.74, 6) is 1.33. The quantitative estimate of drug-likeness (QED) is 0.508. The average Bonchev–Trinajstić information content (AvgIpc) is 3.26. The molecule has 8 heteroatoms. The van der Waals surface area contributed by atoms with Crippen LogP contribution in [-0.2, 0) is 0 Å². The molecule has 7 nitrogen and oxygen atoms in total. The highest BCUT2D eigenvalue weighted by atomic mass is 32.1. The van der Waals surface area contributed by atoms with Gasteiger partial charge < -0.3 is 14.9 Å². The summed E-state index contributed by atoms with van der Waals surface area (Å²) in [7, 11) is 1.57. The molecule has 0 aliphatic heterocycles. The first-order valence-electron chi connectivity index (χ1n) is 7.84. The summed E-state index contributed by atoms with van der Waals surface area (Å²) >= 11 is 1.53. The van der Waals surface area contributed by atoms with Gasteiger partial charge in [-0.05, 0) is 30.5 Å². The highest BCUT2D eigenvalue weighted by molar-refractivity contribution is 7.13. The molecule has 0 aliphatic carbocycles. The molecule has 3 N–H and O–H groups in total. The zero-order valence-electron chi connectivity index (χ0n) is 14.1. The summed E-state index contributed by atoms with van der Waals surface area (Å²) in [4.78, 5) is 10.1. The number of nitrogens with zero attached hydrogens (tertiary/aromatic N) is 3. The minimum absolute atomic E-state index is 0.0955. The van der Waals surface area contributed by atoms with Crippen molar-refractivity contribution in [3.63, 3.8) is 0 Å². The zero-order chi connectivity index (χ0) is 18.3. The number of anilines is 1. The fourth-order valence-corrected chi connectivity index (χ4v) is 3.40. The number of aromatic hydroxyl groups is 2. The van der Waals surface area contributed by atoms with Crippen molar-refractivity contribution in [2.75, 3.05) is 12.5 Å². The van der Waals surface area contributed by atoms with Crippen LogP contribution in [0.1, 0.15) is 5.56 Å². The fraction of sp³-hybridized carbons (Fsp3) is 0.111. The maximum absolute atomic E-state index is 10.2. The number of methoxy groups -OCH3 is 1. The Labute approximate surface area is 153 Å². The number of aromatic nitrogens is 3. The number of thiophene rings is 1. The number of hydrogen-bond acceptors (Lipinski definition) is 7. The predicted octanol–water partition coefficient (Wildman–Crippen LogP) is 3.76. The molecule has 1 aromatic carbocycles. The lowest BCUT2D eigenvalue weighted by Gasteiger charge is -2.14. The van der Waals surface area contributed by atoms with E-state index in [1.54, 1.807) is 14.0 Å². The highest BCUT2D eigenvalue weighted by Gasteiger charge is 2.17. The molecule has 3 heterocycles. The minimum atomic E-state index is -0.126. The van der Waals surface area contributed by atoms with E-state index in [0.29, 0.717) is 33.9 Å². The first-order chi connectivity index (χ1) is 12.6.